The zero-order valence-corrected chi connectivity index (χ0v) is 7.75. The van der Waals surface area contributed by atoms with Gasteiger partial charge in [-0.2, -0.15) is 0 Å². The van der Waals surface area contributed by atoms with Gasteiger partial charge in [0.1, 0.15) is 0 Å². The van der Waals surface area contributed by atoms with Crippen LogP contribution in [0.1, 0.15) is 20.3 Å². The van der Waals surface area contributed by atoms with Crippen LogP contribution in [0.4, 0.5) is 0 Å². The first-order valence-electron chi connectivity index (χ1n) is 4.40. The first-order chi connectivity index (χ1) is 5.24. The van der Waals surface area contributed by atoms with E-state index in [9.17, 15) is 0 Å². The minimum absolute atomic E-state index is 0.699. The van der Waals surface area contributed by atoms with E-state index in [0.717, 1.165) is 0 Å². The number of hydrogen-bond donors (Lipinski definition) is 0. The van der Waals surface area contributed by atoms with Crippen LogP contribution in [0, 0.1) is 5.92 Å². The van der Waals surface area contributed by atoms with Gasteiger partial charge in [-0.1, -0.05) is 0 Å². The number of rotatable bonds is 2. The fourth-order valence-electron chi connectivity index (χ4n) is 1.62. The average molecular weight is 154 g/mol. The van der Waals surface area contributed by atoms with Gasteiger partial charge in [0.25, 0.3) is 0 Å². The zero-order valence-electron chi connectivity index (χ0n) is 7.75. The summed E-state index contributed by atoms with van der Waals surface area (Å²) in [6, 6.07) is 0.699. The largest absolute Gasteiger partial charge is 0.301 e. The van der Waals surface area contributed by atoms with Gasteiger partial charge in [0.2, 0.25) is 0 Å². The summed E-state index contributed by atoms with van der Waals surface area (Å²) in [6.07, 6.45) is 3.37. The molecule has 0 amide bonds. The van der Waals surface area contributed by atoms with E-state index in [1.165, 1.54) is 19.5 Å². The Balaban J connectivity index is 2.34. The van der Waals surface area contributed by atoms with Crippen molar-refractivity contribution in [2.75, 3.05) is 20.1 Å². The highest BCUT2D eigenvalue weighted by atomic mass is 15.2. The molecule has 1 unspecified atom stereocenters. The van der Waals surface area contributed by atoms with Crippen LogP contribution in [-0.4, -0.2) is 37.3 Å². The quantitative estimate of drug-likeness (QED) is 0.549. The molecule has 1 heterocycles. The average Bonchev–Trinajstić information content (AvgIpc) is 2.37. The van der Waals surface area contributed by atoms with Crippen LogP contribution in [0.2, 0.25) is 0 Å². The summed E-state index contributed by atoms with van der Waals surface area (Å²) >= 11 is 0. The number of likely N-dealkylation sites (tertiary alicyclic amines) is 1. The third kappa shape index (κ3) is 2.29. The molecule has 1 fully saturated rings. The first kappa shape index (κ1) is 8.72. The normalized spacial score (nSPS) is 27.5. The molecule has 0 radical (unpaired) electrons. The summed E-state index contributed by atoms with van der Waals surface area (Å²) in [6.45, 7) is 6.96. The fourth-order valence-corrected chi connectivity index (χ4v) is 1.62. The molecule has 0 aromatic rings. The summed E-state index contributed by atoms with van der Waals surface area (Å²) in [5.41, 5.74) is 0. The lowest BCUT2D eigenvalue weighted by molar-refractivity contribution is 0.272. The van der Waals surface area contributed by atoms with Crippen molar-refractivity contribution in [3.8, 4) is 0 Å². The maximum absolute atomic E-state index is 4.06. The number of hydrogen-bond acceptors (Lipinski definition) is 2. The predicted octanol–water partition coefficient (Wildman–Crippen LogP) is 1.42. The molecule has 1 saturated heterocycles. The Morgan fingerprint density at radius 2 is 2.27 bits per heavy atom. The highest BCUT2D eigenvalue weighted by Gasteiger charge is 2.22. The smallest absolute Gasteiger partial charge is 0.0273 e. The van der Waals surface area contributed by atoms with Crippen LogP contribution in [0.5, 0.6) is 0 Å². The predicted molar refractivity (Wildman–Crippen MR) is 49.2 cm³/mol. The van der Waals surface area contributed by atoms with Crippen molar-refractivity contribution in [3.63, 3.8) is 0 Å². The van der Waals surface area contributed by atoms with Crippen LogP contribution in [0.3, 0.4) is 0 Å². The van der Waals surface area contributed by atoms with E-state index >= 15 is 0 Å². The lowest BCUT2D eigenvalue weighted by atomic mass is 10.1. The van der Waals surface area contributed by atoms with E-state index in [1.54, 1.807) is 0 Å². The maximum Gasteiger partial charge on any atom is 0.0273 e. The summed E-state index contributed by atoms with van der Waals surface area (Å²) in [5.74, 6) is 0.711. The molecule has 0 aromatic heterocycles. The maximum atomic E-state index is 4.06. The molecule has 0 bridgehead atoms. The van der Waals surface area contributed by atoms with Gasteiger partial charge in [0.15, 0.2) is 0 Å². The van der Waals surface area contributed by atoms with Crippen molar-refractivity contribution in [2.45, 2.75) is 26.3 Å². The standard InChI is InChI=1S/C9H18N2/c1-8(2)11-5-4-9(7-11)6-10-3/h6,8-9H,4-5,7H2,1-3H3. The first-order valence-corrected chi connectivity index (χ1v) is 4.40. The second-order valence-corrected chi connectivity index (χ2v) is 3.54. The summed E-state index contributed by atoms with van der Waals surface area (Å²) in [7, 11) is 1.86. The number of aliphatic imine (C=N–C) groups is 1. The van der Waals surface area contributed by atoms with E-state index in [2.05, 4.69) is 30.0 Å². The molecule has 0 spiro atoms. The minimum atomic E-state index is 0.699. The second kappa shape index (κ2) is 3.86. The van der Waals surface area contributed by atoms with Crippen LogP contribution in [0.25, 0.3) is 0 Å². The van der Waals surface area contributed by atoms with Crippen molar-refractivity contribution < 1.29 is 0 Å². The Morgan fingerprint density at radius 1 is 1.55 bits per heavy atom. The van der Waals surface area contributed by atoms with Crippen molar-refractivity contribution in [1.29, 1.82) is 0 Å². The highest BCUT2D eigenvalue weighted by molar-refractivity contribution is 5.61. The molecule has 64 valence electrons. The van der Waals surface area contributed by atoms with Crippen molar-refractivity contribution in [1.82, 2.24) is 4.90 Å². The van der Waals surface area contributed by atoms with Crippen LogP contribution < -0.4 is 0 Å². The van der Waals surface area contributed by atoms with Gasteiger partial charge >= 0.3 is 0 Å². The van der Waals surface area contributed by atoms with Crippen LogP contribution >= 0.6 is 0 Å². The van der Waals surface area contributed by atoms with Crippen molar-refractivity contribution in [2.24, 2.45) is 10.9 Å². The molecule has 1 aliphatic heterocycles. The molecule has 2 heteroatoms. The van der Waals surface area contributed by atoms with E-state index in [0.29, 0.717) is 12.0 Å². The SMILES string of the molecule is CN=CC1CCN(C(C)C)C1. The Labute approximate surface area is 69.3 Å². The number of nitrogens with zero attached hydrogens (tertiary/aromatic N) is 2. The molecule has 1 rings (SSSR count). The molecular weight excluding hydrogens is 136 g/mol. The molecule has 0 N–H and O–H groups in total. The molecule has 0 aromatic carbocycles. The lowest BCUT2D eigenvalue weighted by Gasteiger charge is -2.19. The summed E-state index contributed by atoms with van der Waals surface area (Å²) < 4.78 is 0. The Hall–Kier alpha value is -0.370. The minimum Gasteiger partial charge on any atom is -0.301 e. The molecule has 11 heavy (non-hydrogen) atoms. The van der Waals surface area contributed by atoms with E-state index < -0.39 is 0 Å². The molecule has 0 aliphatic carbocycles. The van der Waals surface area contributed by atoms with E-state index in [4.69, 9.17) is 0 Å². The summed E-state index contributed by atoms with van der Waals surface area (Å²) in [4.78, 5) is 6.57. The van der Waals surface area contributed by atoms with E-state index in [-0.39, 0.29) is 0 Å². The third-order valence-electron chi connectivity index (χ3n) is 2.35. The zero-order chi connectivity index (χ0) is 8.27. The van der Waals surface area contributed by atoms with E-state index in [1.807, 2.05) is 7.05 Å². The lowest BCUT2D eigenvalue weighted by Crippen LogP contribution is -2.28. The molecule has 0 saturated carbocycles. The topological polar surface area (TPSA) is 15.6 Å². The van der Waals surface area contributed by atoms with Gasteiger partial charge in [-0.25, -0.2) is 0 Å². The fraction of sp³-hybridized carbons (Fsp3) is 0.889. The Bertz CT molecular complexity index is 140. The van der Waals surface area contributed by atoms with Gasteiger partial charge in [-0.15, -0.1) is 0 Å². The van der Waals surface area contributed by atoms with Gasteiger partial charge in [0, 0.05) is 31.8 Å². The van der Waals surface area contributed by atoms with Gasteiger partial charge in [-0.3, -0.25) is 0 Å². The molecule has 1 aliphatic rings. The van der Waals surface area contributed by atoms with Crippen LogP contribution in [-0.2, 0) is 0 Å². The van der Waals surface area contributed by atoms with Gasteiger partial charge in [-0.05, 0) is 26.8 Å². The molecular formula is C9H18N2. The van der Waals surface area contributed by atoms with Crippen molar-refractivity contribution in [3.05, 3.63) is 0 Å². The molecule has 2 nitrogen and oxygen atoms in total. The second-order valence-electron chi connectivity index (χ2n) is 3.54. The highest BCUT2D eigenvalue weighted by Crippen LogP contribution is 2.16. The third-order valence-corrected chi connectivity index (χ3v) is 2.35. The monoisotopic (exact) mass is 154 g/mol. The van der Waals surface area contributed by atoms with Gasteiger partial charge < -0.3 is 9.89 Å². The van der Waals surface area contributed by atoms with Crippen LogP contribution in [0.15, 0.2) is 4.99 Å². The Morgan fingerprint density at radius 3 is 2.73 bits per heavy atom. The van der Waals surface area contributed by atoms with Crippen molar-refractivity contribution >= 4 is 6.21 Å². The Kier molecular flexibility index (Phi) is 3.06. The molecule has 1 atom stereocenters. The van der Waals surface area contributed by atoms with Gasteiger partial charge in [0.05, 0.1) is 0 Å². The summed E-state index contributed by atoms with van der Waals surface area (Å²) in [5, 5.41) is 0.